The molecule has 0 radical (unpaired) electrons. The van der Waals surface area contributed by atoms with E-state index in [9.17, 15) is 4.79 Å². The fraction of sp³-hybridized carbons (Fsp3) is 0.917. The fourth-order valence-corrected chi connectivity index (χ4v) is 2.50. The number of hydrogen-bond acceptors (Lipinski definition) is 2. The third-order valence-electron chi connectivity index (χ3n) is 3.22. The molecule has 0 saturated carbocycles. The van der Waals surface area contributed by atoms with Crippen LogP contribution in [0.25, 0.3) is 0 Å². The smallest absolute Gasteiger partial charge is 0.140 e. The van der Waals surface area contributed by atoms with Crippen LogP contribution in [-0.4, -0.2) is 30.8 Å². The van der Waals surface area contributed by atoms with Crippen LogP contribution in [0.15, 0.2) is 0 Å². The van der Waals surface area contributed by atoms with Gasteiger partial charge < -0.3 is 4.90 Å². The summed E-state index contributed by atoms with van der Waals surface area (Å²) in [7, 11) is 2.12. The maximum Gasteiger partial charge on any atom is 0.140 e. The summed E-state index contributed by atoms with van der Waals surface area (Å²) in [5.41, 5.74) is 0. The predicted molar refractivity (Wildman–Crippen MR) is 59.2 cm³/mol. The molecule has 0 amide bonds. The molecule has 1 aliphatic rings. The molecule has 2 unspecified atom stereocenters. The normalized spacial score (nSPS) is 28.6. The highest BCUT2D eigenvalue weighted by Gasteiger charge is 2.35. The largest absolute Gasteiger partial charge is 0.305 e. The van der Waals surface area contributed by atoms with E-state index in [0.29, 0.717) is 17.6 Å². The van der Waals surface area contributed by atoms with E-state index in [0.717, 1.165) is 13.1 Å². The second-order valence-corrected chi connectivity index (χ2v) is 4.93. The summed E-state index contributed by atoms with van der Waals surface area (Å²) in [5.74, 6) is 1.58. The lowest BCUT2D eigenvalue weighted by Crippen LogP contribution is -2.26. The minimum Gasteiger partial charge on any atom is -0.305 e. The Balaban J connectivity index is 2.61. The van der Waals surface area contributed by atoms with Crippen molar-refractivity contribution < 1.29 is 4.79 Å². The second-order valence-electron chi connectivity index (χ2n) is 4.93. The molecule has 14 heavy (non-hydrogen) atoms. The first-order chi connectivity index (χ1) is 6.56. The van der Waals surface area contributed by atoms with Crippen LogP contribution < -0.4 is 0 Å². The lowest BCUT2D eigenvalue weighted by molar-refractivity contribution is -0.126. The van der Waals surface area contributed by atoms with Gasteiger partial charge in [-0.1, -0.05) is 27.2 Å². The third kappa shape index (κ3) is 2.57. The van der Waals surface area contributed by atoms with E-state index >= 15 is 0 Å². The van der Waals surface area contributed by atoms with E-state index in [1.165, 1.54) is 12.8 Å². The zero-order valence-corrected chi connectivity index (χ0v) is 9.92. The first-order valence-corrected chi connectivity index (χ1v) is 5.78. The van der Waals surface area contributed by atoms with Crippen LogP contribution in [0.4, 0.5) is 0 Å². The van der Waals surface area contributed by atoms with Gasteiger partial charge in [-0.3, -0.25) is 4.79 Å². The lowest BCUT2D eigenvalue weighted by Gasteiger charge is -2.18. The van der Waals surface area contributed by atoms with Crippen LogP contribution in [0.2, 0.25) is 0 Å². The second kappa shape index (κ2) is 4.92. The van der Waals surface area contributed by atoms with Gasteiger partial charge >= 0.3 is 0 Å². The molecule has 0 bridgehead atoms. The summed E-state index contributed by atoms with van der Waals surface area (Å²) in [5, 5.41) is 0. The monoisotopic (exact) mass is 197 g/mol. The summed E-state index contributed by atoms with van der Waals surface area (Å²) >= 11 is 0. The molecule has 0 aliphatic carbocycles. The molecule has 2 atom stereocenters. The van der Waals surface area contributed by atoms with E-state index < -0.39 is 0 Å². The molecule has 1 heterocycles. The summed E-state index contributed by atoms with van der Waals surface area (Å²) in [6.45, 7) is 8.32. The molecule has 1 rings (SSSR count). The molecule has 2 nitrogen and oxygen atoms in total. The summed E-state index contributed by atoms with van der Waals surface area (Å²) in [6, 6.07) is 0. The van der Waals surface area contributed by atoms with Crippen molar-refractivity contribution in [2.45, 2.75) is 33.6 Å². The molecule has 0 spiro atoms. The number of hydrogen-bond donors (Lipinski definition) is 0. The quantitative estimate of drug-likeness (QED) is 0.688. The number of carbonyl (C=O) groups excluding carboxylic acids is 1. The summed E-state index contributed by atoms with van der Waals surface area (Å²) in [6.07, 6.45) is 2.40. The zero-order valence-electron chi connectivity index (χ0n) is 9.92. The Labute approximate surface area is 87.7 Å². The number of nitrogens with zero attached hydrogens (tertiary/aromatic N) is 1. The van der Waals surface area contributed by atoms with Crippen LogP contribution in [-0.2, 0) is 4.79 Å². The Morgan fingerprint density at radius 1 is 1.43 bits per heavy atom. The van der Waals surface area contributed by atoms with Crippen molar-refractivity contribution in [3.8, 4) is 0 Å². The van der Waals surface area contributed by atoms with Gasteiger partial charge in [-0.2, -0.15) is 0 Å². The van der Waals surface area contributed by atoms with Crippen molar-refractivity contribution >= 4 is 5.78 Å². The zero-order chi connectivity index (χ0) is 10.7. The minimum absolute atomic E-state index is 0.200. The Hall–Kier alpha value is -0.370. The van der Waals surface area contributed by atoms with Gasteiger partial charge in [0, 0.05) is 24.9 Å². The predicted octanol–water partition coefficient (Wildman–Crippen LogP) is 2.19. The van der Waals surface area contributed by atoms with Gasteiger partial charge in [0.1, 0.15) is 5.78 Å². The number of Topliss-reactive ketones (excluding diaryl/α,β-unsaturated/α-hetero) is 1. The standard InChI is InChI=1S/C12H23NO/c1-5-6-10-7-13(4)8-11(10)12(14)9(2)3/h9-11H,5-8H2,1-4H3. The van der Waals surface area contributed by atoms with Gasteiger partial charge in [-0.05, 0) is 19.4 Å². The molecule has 0 aromatic carbocycles. The Morgan fingerprint density at radius 3 is 2.57 bits per heavy atom. The van der Waals surface area contributed by atoms with Gasteiger partial charge in [-0.25, -0.2) is 0 Å². The van der Waals surface area contributed by atoms with Crippen LogP contribution in [0, 0.1) is 17.8 Å². The van der Waals surface area contributed by atoms with Crippen molar-refractivity contribution in [1.82, 2.24) is 4.90 Å². The Morgan fingerprint density at radius 2 is 2.07 bits per heavy atom. The molecular weight excluding hydrogens is 174 g/mol. The van der Waals surface area contributed by atoms with Crippen molar-refractivity contribution in [3.63, 3.8) is 0 Å². The highest BCUT2D eigenvalue weighted by Crippen LogP contribution is 2.28. The van der Waals surface area contributed by atoms with Gasteiger partial charge in [-0.15, -0.1) is 0 Å². The lowest BCUT2D eigenvalue weighted by atomic mass is 9.84. The molecule has 0 N–H and O–H groups in total. The number of ketones is 1. The first kappa shape index (κ1) is 11.7. The Bertz CT molecular complexity index is 200. The van der Waals surface area contributed by atoms with E-state index in [-0.39, 0.29) is 5.92 Å². The SMILES string of the molecule is CCCC1CN(C)CC1C(=O)C(C)C. The summed E-state index contributed by atoms with van der Waals surface area (Å²) in [4.78, 5) is 14.2. The van der Waals surface area contributed by atoms with E-state index in [1.54, 1.807) is 0 Å². The topological polar surface area (TPSA) is 20.3 Å². The molecule has 0 aromatic rings. The number of likely N-dealkylation sites (tertiary alicyclic amines) is 1. The molecule has 2 heteroatoms. The van der Waals surface area contributed by atoms with Gasteiger partial charge in [0.15, 0.2) is 0 Å². The van der Waals surface area contributed by atoms with E-state index in [4.69, 9.17) is 0 Å². The number of carbonyl (C=O) groups is 1. The molecule has 0 aromatic heterocycles. The Kier molecular flexibility index (Phi) is 4.11. The highest BCUT2D eigenvalue weighted by molar-refractivity contribution is 5.83. The van der Waals surface area contributed by atoms with Crippen molar-refractivity contribution in [3.05, 3.63) is 0 Å². The minimum atomic E-state index is 0.200. The van der Waals surface area contributed by atoms with Crippen LogP contribution in [0.1, 0.15) is 33.6 Å². The first-order valence-electron chi connectivity index (χ1n) is 5.78. The molecule has 1 aliphatic heterocycles. The van der Waals surface area contributed by atoms with Crippen LogP contribution >= 0.6 is 0 Å². The average Bonchev–Trinajstić information content (AvgIpc) is 2.46. The van der Waals surface area contributed by atoms with Crippen molar-refractivity contribution in [2.75, 3.05) is 20.1 Å². The molecule has 1 saturated heterocycles. The fourth-order valence-electron chi connectivity index (χ4n) is 2.50. The van der Waals surface area contributed by atoms with Gasteiger partial charge in [0.2, 0.25) is 0 Å². The van der Waals surface area contributed by atoms with Crippen molar-refractivity contribution in [1.29, 1.82) is 0 Å². The van der Waals surface area contributed by atoms with Gasteiger partial charge in [0.25, 0.3) is 0 Å². The van der Waals surface area contributed by atoms with E-state index in [1.807, 2.05) is 13.8 Å². The highest BCUT2D eigenvalue weighted by atomic mass is 16.1. The average molecular weight is 197 g/mol. The molecule has 82 valence electrons. The van der Waals surface area contributed by atoms with E-state index in [2.05, 4.69) is 18.9 Å². The molecular formula is C12H23NO. The third-order valence-corrected chi connectivity index (χ3v) is 3.22. The maximum atomic E-state index is 11.9. The van der Waals surface area contributed by atoms with Crippen LogP contribution in [0.5, 0.6) is 0 Å². The van der Waals surface area contributed by atoms with Crippen LogP contribution in [0.3, 0.4) is 0 Å². The maximum absolute atomic E-state index is 11.9. The summed E-state index contributed by atoms with van der Waals surface area (Å²) < 4.78 is 0. The molecule has 1 fully saturated rings. The number of rotatable bonds is 4. The van der Waals surface area contributed by atoms with Gasteiger partial charge in [0.05, 0.1) is 0 Å². The van der Waals surface area contributed by atoms with Crippen molar-refractivity contribution in [2.24, 2.45) is 17.8 Å².